The van der Waals surface area contributed by atoms with Crippen LogP contribution >= 0.6 is 0 Å². The largest absolute Gasteiger partial charge is 0.396 e. The number of carbonyl (C=O) groups excluding carboxylic acids is 1. The average molecular weight is 226 g/mol. The Bertz CT molecular complexity index is 336. The summed E-state index contributed by atoms with van der Waals surface area (Å²) in [6.07, 6.45) is 3.14. The van der Waals surface area contributed by atoms with Crippen LogP contribution in [0.4, 0.5) is 0 Å². The Morgan fingerprint density at radius 2 is 2.44 bits per heavy atom. The highest BCUT2D eigenvalue weighted by atomic mass is 16.5. The summed E-state index contributed by atoms with van der Waals surface area (Å²) in [5.41, 5.74) is 0.729. The Hall–Kier alpha value is -1.36. The van der Waals surface area contributed by atoms with Gasteiger partial charge < -0.3 is 14.9 Å². The third-order valence-corrected chi connectivity index (χ3v) is 2.62. The molecule has 0 saturated heterocycles. The molecule has 1 aromatic heterocycles. The minimum atomic E-state index is -0.244. The first-order chi connectivity index (χ1) is 7.69. The van der Waals surface area contributed by atoms with Crippen molar-refractivity contribution < 1.29 is 14.4 Å². The molecule has 1 unspecified atom stereocenters. The molecule has 0 aromatic carbocycles. The van der Waals surface area contributed by atoms with Crippen LogP contribution in [0.2, 0.25) is 0 Å². The molecule has 1 amide bonds. The van der Waals surface area contributed by atoms with Gasteiger partial charge in [-0.3, -0.25) is 4.79 Å². The number of aryl methyl sites for hydroxylation is 1. The molecule has 5 heteroatoms. The van der Waals surface area contributed by atoms with Gasteiger partial charge in [0.25, 0.3) is 5.91 Å². The molecule has 0 aliphatic rings. The Morgan fingerprint density at radius 3 is 2.94 bits per heavy atom. The van der Waals surface area contributed by atoms with Gasteiger partial charge in [0.05, 0.1) is 6.20 Å². The second kappa shape index (κ2) is 6.27. The topological polar surface area (TPSA) is 75.4 Å². The zero-order chi connectivity index (χ0) is 12.0. The van der Waals surface area contributed by atoms with Gasteiger partial charge in [0.15, 0.2) is 0 Å². The number of rotatable bonds is 6. The number of hydrogen-bond donors (Lipinski definition) is 2. The number of aliphatic hydroxyl groups excluding tert-OH is 1. The third-order valence-electron chi connectivity index (χ3n) is 2.62. The molecule has 5 nitrogen and oxygen atoms in total. The van der Waals surface area contributed by atoms with E-state index in [0.29, 0.717) is 18.9 Å². The van der Waals surface area contributed by atoms with E-state index in [1.165, 1.54) is 6.20 Å². The third kappa shape index (κ3) is 3.34. The maximum Gasteiger partial charge on any atom is 0.290 e. The maximum absolute atomic E-state index is 11.6. The van der Waals surface area contributed by atoms with Gasteiger partial charge in [-0.2, -0.15) is 0 Å². The molecule has 90 valence electrons. The van der Waals surface area contributed by atoms with Crippen LogP contribution in [0.3, 0.4) is 0 Å². The first-order valence-corrected chi connectivity index (χ1v) is 5.49. The predicted octanol–water partition coefficient (Wildman–Crippen LogP) is 1.12. The summed E-state index contributed by atoms with van der Waals surface area (Å²) in [6, 6.07) is 0. The molecule has 1 aromatic rings. The lowest BCUT2D eigenvalue weighted by Gasteiger charge is -2.13. The van der Waals surface area contributed by atoms with E-state index in [1.807, 2.05) is 6.92 Å². The smallest absolute Gasteiger partial charge is 0.290 e. The molecular formula is C11H18N2O3. The minimum absolute atomic E-state index is 0.149. The summed E-state index contributed by atoms with van der Waals surface area (Å²) >= 11 is 0. The quantitative estimate of drug-likeness (QED) is 0.762. The molecule has 1 atom stereocenters. The fraction of sp³-hybridized carbons (Fsp3) is 0.636. The van der Waals surface area contributed by atoms with Crippen LogP contribution in [-0.2, 0) is 0 Å². The van der Waals surface area contributed by atoms with Gasteiger partial charge in [-0.25, -0.2) is 0 Å². The summed E-state index contributed by atoms with van der Waals surface area (Å²) in [6.45, 7) is 4.51. The molecule has 1 heterocycles. The lowest BCUT2D eigenvalue weighted by atomic mass is 10.0. The molecule has 0 fully saturated rings. The van der Waals surface area contributed by atoms with Crippen molar-refractivity contribution in [3.05, 3.63) is 17.5 Å². The van der Waals surface area contributed by atoms with Crippen molar-refractivity contribution in [3.63, 3.8) is 0 Å². The van der Waals surface area contributed by atoms with Gasteiger partial charge in [0.2, 0.25) is 5.76 Å². The zero-order valence-electron chi connectivity index (χ0n) is 9.69. The van der Waals surface area contributed by atoms with Gasteiger partial charge in [0.1, 0.15) is 0 Å². The Morgan fingerprint density at radius 1 is 1.69 bits per heavy atom. The van der Waals surface area contributed by atoms with Crippen LogP contribution in [0.15, 0.2) is 10.7 Å². The second-order valence-corrected chi connectivity index (χ2v) is 3.83. The molecule has 0 aliphatic heterocycles. The number of carbonyl (C=O) groups is 1. The van der Waals surface area contributed by atoms with Crippen LogP contribution in [0.25, 0.3) is 0 Å². The summed E-state index contributed by atoms with van der Waals surface area (Å²) in [7, 11) is 0. The van der Waals surface area contributed by atoms with E-state index >= 15 is 0 Å². The Labute approximate surface area is 94.8 Å². The number of hydrogen-bond acceptors (Lipinski definition) is 4. The average Bonchev–Trinajstić information content (AvgIpc) is 2.70. The number of aromatic nitrogens is 1. The van der Waals surface area contributed by atoms with Crippen molar-refractivity contribution in [2.45, 2.75) is 26.7 Å². The molecule has 0 radical (unpaired) electrons. The molecule has 0 saturated carbocycles. The fourth-order valence-electron chi connectivity index (χ4n) is 1.46. The normalized spacial score (nSPS) is 12.4. The van der Waals surface area contributed by atoms with Crippen molar-refractivity contribution in [2.75, 3.05) is 13.2 Å². The number of aliphatic hydroxyl groups is 1. The SMILES string of the molecule is CCC(CCO)CNC(=O)c1oncc1C. The maximum atomic E-state index is 11.6. The van der Waals surface area contributed by atoms with Crippen molar-refractivity contribution in [2.24, 2.45) is 5.92 Å². The van der Waals surface area contributed by atoms with Crippen LogP contribution in [0, 0.1) is 12.8 Å². The molecule has 0 spiro atoms. The van der Waals surface area contributed by atoms with E-state index in [9.17, 15) is 4.79 Å². The van der Waals surface area contributed by atoms with Crippen molar-refractivity contribution in [1.29, 1.82) is 0 Å². The van der Waals surface area contributed by atoms with Crippen LogP contribution in [0.1, 0.15) is 35.9 Å². The first kappa shape index (κ1) is 12.7. The molecule has 2 N–H and O–H groups in total. The van der Waals surface area contributed by atoms with Gasteiger partial charge in [-0.15, -0.1) is 0 Å². The minimum Gasteiger partial charge on any atom is -0.396 e. The lowest BCUT2D eigenvalue weighted by Crippen LogP contribution is -2.29. The van der Waals surface area contributed by atoms with E-state index in [2.05, 4.69) is 10.5 Å². The number of nitrogens with zero attached hydrogens (tertiary/aromatic N) is 1. The molecule has 1 rings (SSSR count). The molecule has 0 aliphatic carbocycles. The fourth-order valence-corrected chi connectivity index (χ4v) is 1.46. The zero-order valence-corrected chi connectivity index (χ0v) is 9.69. The molecular weight excluding hydrogens is 208 g/mol. The van der Waals surface area contributed by atoms with Gasteiger partial charge in [-0.1, -0.05) is 18.5 Å². The molecule has 0 bridgehead atoms. The van der Waals surface area contributed by atoms with Gasteiger partial charge >= 0.3 is 0 Å². The highest BCUT2D eigenvalue weighted by Crippen LogP contribution is 2.08. The Balaban J connectivity index is 2.43. The van der Waals surface area contributed by atoms with E-state index in [4.69, 9.17) is 9.63 Å². The van der Waals surface area contributed by atoms with Crippen LogP contribution in [-0.4, -0.2) is 29.3 Å². The van der Waals surface area contributed by atoms with E-state index in [-0.39, 0.29) is 18.3 Å². The standard InChI is InChI=1S/C11H18N2O3/c1-3-9(4-5-14)7-12-11(15)10-8(2)6-13-16-10/h6,9,14H,3-5,7H2,1-2H3,(H,12,15). The monoisotopic (exact) mass is 226 g/mol. The lowest BCUT2D eigenvalue weighted by molar-refractivity contribution is 0.0905. The summed E-state index contributed by atoms with van der Waals surface area (Å²) in [5, 5.41) is 15.1. The van der Waals surface area contributed by atoms with Crippen LogP contribution < -0.4 is 5.32 Å². The highest BCUT2D eigenvalue weighted by Gasteiger charge is 2.15. The van der Waals surface area contributed by atoms with Crippen molar-refractivity contribution in [3.8, 4) is 0 Å². The Kier molecular flexibility index (Phi) is 4.98. The number of nitrogens with one attached hydrogen (secondary N) is 1. The highest BCUT2D eigenvalue weighted by molar-refractivity contribution is 5.92. The summed E-state index contributed by atoms with van der Waals surface area (Å²) < 4.78 is 4.84. The number of amides is 1. The predicted molar refractivity (Wildman–Crippen MR) is 59.1 cm³/mol. The van der Waals surface area contributed by atoms with E-state index < -0.39 is 0 Å². The summed E-state index contributed by atoms with van der Waals surface area (Å²) in [5.74, 6) is 0.322. The summed E-state index contributed by atoms with van der Waals surface area (Å²) in [4.78, 5) is 11.6. The molecule has 16 heavy (non-hydrogen) atoms. The van der Waals surface area contributed by atoms with Gasteiger partial charge in [0, 0.05) is 18.7 Å². The van der Waals surface area contributed by atoms with Crippen molar-refractivity contribution in [1.82, 2.24) is 10.5 Å². The van der Waals surface area contributed by atoms with Gasteiger partial charge in [-0.05, 0) is 19.3 Å². The second-order valence-electron chi connectivity index (χ2n) is 3.83. The first-order valence-electron chi connectivity index (χ1n) is 5.49. The van der Waals surface area contributed by atoms with Crippen LogP contribution in [0.5, 0.6) is 0 Å². The van der Waals surface area contributed by atoms with Crippen molar-refractivity contribution >= 4 is 5.91 Å². The van der Waals surface area contributed by atoms with E-state index in [1.54, 1.807) is 6.92 Å². The van der Waals surface area contributed by atoms with E-state index in [0.717, 1.165) is 12.0 Å².